The fraction of sp³-hybridized carbons (Fsp3) is 0.0769. The van der Waals surface area contributed by atoms with Crippen LogP contribution in [0.3, 0.4) is 0 Å². The summed E-state index contributed by atoms with van der Waals surface area (Å²) in [7, 11) is -17.5. The minimum Gasteiger partial charge on any atom is -0.0729 e. The second-order valence-electron chi connectivity index (χ2n) is 17.2. The molecule has 1 fully saturated rings. The zero-order valence-electron chi connectivity index (χ0n) is 34.1. The second-order valence-corrected chi connectivity index (χ2v) is 76.3. The smallest absolute Gasteiger partial charge is 0.0729 e. The number of rotatable bonds is 8. The molecule has 0 aromatic heterocycles. The van der Waals surface area contributed by atoms with Crippen molar-refractivity contribution >= 4 is 84.1 Å². The Morgan fingerprint density at radius 2 is 0.293 bits per heavy atom. The third kappa shape index (κ3) is 4.93. The van der Waals surface area contributed by atoms with Crippen LogP contribution in [0, 0.1) is 0 Å². The predicted molar refractivity (Wildman–Crippen MR) is 267 cm³/mol. The summed E-state index contributed by atoms with van der Waals surface area (Å²) in [5.74, 6) is 0. The van der Waals surface area contributed by atoms with Gasteiger partial charge < -0.3 is 0 Å². The van der Waals surface area contributed by atoms with Crippen LogP contribution >= 0.6 is 0 Å². The summed E-state index contributed by atoms with van der Waals surface area (Å²) in [4.78, 5) is 0. The topological polar surface area (TPSA) is 0 Å². The highest BCUT2D eigenvalue weighted by Crippen LogP contribution is 2.51. The maximum absolute atomic E-state index is 3.25. The normalized spacial score (nSPS) is 18.1. The largest absolute Gasteiger partial charge is 0.120 e. The molecule has 8 aromatic rings. The molecule has 0 unspecified atom stereocenters. The van der Waals surface area contributed by atoms with Crippen molar-refractivity contribution in [2.24, 2.45) is 0 Å². The fourth-order valence-corrected chi connectivity index (χ4v) is 239. The van der Waals surface area contributed by atoms with Crippen molar-refractivity contribution in [1.82, 2.24) is 0 Å². The van der Waals surface area contributed by atoms with Gasteiger partial charge in [0.05, 0.1) is 0 Å². The predicted octanol–water partition coefficient (Wildman–Crippen LogP) is 6.94. The van der Waals surface area contributed by atoms with E-state index in [-0.39, 0.29) is 0 Å². The van der Waals surface area contributed by atoms with Crippen molar-refractivity contribution in [3.05, 3.63) is 243 Å². The lowest BCUT2D eigenvalue weighted by atomic mass is 10.4. The van der Waals surface area contributed by atoms with E-state index in [4.69, 9.17) is 0 Å². The van der Waals surface area contributed by atoms with Crippen molar-refractivity contribution in [2.75, 3.05) is 0 Å². The van der Waals surface area contributed by atoms with Gasteiger partial charge in [-0.25, -0.2) is 0 Å². The molecule has 1 aliphatic heterocycles. The van der Waals surface area contributed by atoms with Crippen LogP contribution in [0.4, 0.5) is 0 Å². The first-order valence-electron chi connectivity index (χ1n) is 20.8. The lowest BCUT2D eigenvalue weighted by molar-refractivity contribution is 1.67. The van der Waals surface area contributed by atoms with Gasteiger partial charge in [-0.2, -0.15) is 0 Å². The first-order chi connectivity index (χ1) is 28.3. The molecule has 0 amide bonds. The van der Waals surface area contributed by atoms with Gasteiger partial charge >= 0.3 is 0 Å². The van der Waals surface area contributed by atoms with Gasteiger partial charge in [-0.3, -0.25) is 0 Å². The molecule has 0 aliphatic carbocycles. The van der Waals surface area contributed by atoms with E-state index < -0.39 is 42.7 Å². The molecule has 9 rings (SSSR count). The summed E-state index contributed by atoms with van der Waals surface area (Å²) in [5.41, 5.74) is 0. The molecule has 58 heavy (non-hydrogen) atoms. The van der Waals surface area contributed by atoms with Gasteiger partial charge in [-0.1, -0.05) is 310 Å². The van der Waals surface area contributed by atoms with Crippen molar-refractivity contribution in [2.45, 2.75) is 26.2 Å². The molecule has 284 valence electrons. The lowest BCUT2D eigenvalue weighted by Gasteiger charge is -2.77. The van der Waals surface area contributed by atoms with E-state index in [2.05, 4.69) is 269 Å². The monoisotopic (exact) mass is 844 g/mol. The standard InChI is InChI=1S/C52H52Si6/c1-53(2)54(3,4)56(47-33-17-7-18-34-47,48-35-19-8-20-36-48)58(51-41-25-11-26-42-51,52-43-27-12-28-44-52)57(49-37-21-9-22-38-49,50-39-23-10-24-40-50)55(53,45-29-13-5-14-30-45)46-31-15-6-16-32-46/h5-44H,1-4H3. The van der Waals surface area contributed by atoms with Gasteiger partial charge in [0.2, 0.25) is 0 Å². The van der Waals surface area contributed by atoms with Crippen LogP contribution in [-0.2, 0) is 0 Å². The molecule has 0 nitrogen and oxygen atoms in total. The van der Waals surface area contributed by atoms with Crippen LogP contribution in [0.5, 0.6) is 0 Å². The summed E-state index contributed by atoms with van der Waals surface area (Å²) in [6.07, 6.45) is 0. The van der Waals surface area contributed by atoms with Crippen LogP contribution in [0.25, 0.3) is 0 Å². The minimum atomic E-state index is -3.25. The Morgan fingerprint density at radius 1 is 0.172 bits per heavy atom. The van der Waals surface area contributed by atoms with E-state index in [0.29, 0.717) is 0 Å². The Morgan fingerprint density at radius 3 is 0.431 bits per heavy atom. The fourth-order valence-electron chi connectivity index (χ4n) is 12.7. The minimum absolute atomic E-state index is 1.62. The van der Waals surface area contributed by atoms with Crippen molar-refractivity contribution in [3.63, 3.8) is 0 Å². The zero-order valence-corrected chi connectivity index (χ0v) is 40.1. The first-order valence-corrected chi connectivity index (χ1v) is 40.8. The quantitative estimate of drug-likeness (QED) is 0.146. The first kappa shape index (κ1) is 38.6. The van der Waals surface area contributed by atoms with Gasteiger partial charge in [0.15, 0.2) is 0 Å². The Balaban J connectivity index is 1.76. The summed E-state index contributed by atoms with van der Waals surface area (Å²) >= 11 is 0. The molecular weight excluding hydrogens is 793 g/mol. The van der Waals surface area contributed by atoms with Gasteiger partial charge in [0.1, 0.15) is 28.4 Å². The van der Waals surface area contributed by atoms with Gasteiger partial charge in [-0.05, 0) is 0 Å². The average Bonchev–Trinajstić information content (AvgIpc) is 3.29. The van der Waals surface area contributed by atoms with Crippen LogP contribution in [0.2, 0.25) is 26.2 Å². The highest BCUT2D eigenvalue weighted by molar-refractivity contribution is 8.23. The van der Waals surface area contributed by atoms with Gasteiger partial charge in [-0.15, -0.1) is 0 Å². The van der Waals surface area contributed by atoms with E-state index in [9.17, 15) is 0 Å². The number of benzene rings is 8. The highest BCUT2D eigenvalue weighted by Gasteiger charge is 2.89. The average molecular weight is 846 g/mol. The Kier molecular flexibility index (Phi) is 9.99. The molecule has 8 aromatic carbocycles. The molecule has 0 N–H and O–H groups in total. The van der Waals surface area contributed by atoms with Crippen molar-refractivity contribution in [3.8, 4) is 0 Å². The molecule has 1 aliphatic rings. The summed E-state index contributed by atoms with van der Waals surface area (Å²) in [6, 6.07) is 98.1. The van der Waals surface area contributed by atoms with E-state index in [1.165, 1.54) is 0 Å². The van der Waals surface area contributed by atoms with Crippen molar-refractivity contribution < 1.29 is 0 Å². The summed E-state index contributed by atoms with van der Waals surface area (Å²) in [6.45, 7) is 11.8. The maximum atomic E-state index is 2.95. The van der Waals surface area contributed by atoms with E-state index in [1.54, 1.807) is 41.5 Å². The zero-order chi connectivity index (χ0) is 39.9. The number of hydrogen-bond acceptors (Lipinski definition) is 0. The third-order valence-electron chi connectivity index (χ3n) is 14.8. The highest BCUT2D eigenvalue weighted by atomic mass is 30.2. The molecule has 6 heteroatoms. The van der Waals surface area contributed by atoms with Gasteiger partial charge in [0, 0.05) is 14.2 Å². The lowest BCUT2D eigenvalue weighted by Crippen LogP contribution is -3.19. The van der Waals surface area contributed by atoms with Crippen LogP contribution in [0.15, 0.2) is 243 Å². The van der Waals surface area contributed by atoms with E-state index in [0.717, 1.165) is 0 Å². The molecule has 0 spiro atoms. The second kappa shape index (κ2) is 15.0. The molecule has 0 bridgehead atoms. The molecule has 1 saturated heterocycles. The Labute approximate surface area is 350 Å². The van der Waals surface area contributed by atoms with Gasteiger partial charge in [0.25, 0.3) is 0 Å². The maximum Gasteiger partial charge on any atom is 0.120 e. The molecular formula is C52H52Si6. The summed E-state index contributed by atoms with van der Waals surface area (Å²) in [5, 5.41) is 13.1. The van der Waals surface area contributed by atoms with Crippen molar-refractivity contribution in [1.29, 1.82) is 0 Å². The Bertz CT molecular complexity index is 2240. The summed E-state index contributed by atoms with van der Waals surface area (Å²) < 4.78 is 0. The Hall–Kier alpha value is -4.94. The molecule has 0 atom stereocenters. The third-order valence-corrected chi connectivity index (χ3v) is 142. The van der Waals surface area contributed by atoms with E-state index >= 15 is 0 Å². The van der Waals surface area contributed by atoms with E-state index in [1.807, 2.05) is 0 Å². The van der Waals surface area contributed by atoms with Crippen LogP contribution in [-0.4, -0.2) is 42.7 Å². The van der Waals surface area contributed by atoms with Crippen LogP contribution in [0.1, 0.15) is 0 Å². The molecule has 0 saturated carbocycles. The SMILES string of the molecule is C[Si]1(C)[Si](C)(C)[Si](c2ccccc2)(c2ccccc2)[Si](c2ccccc2)(c2ccccc2)[Si](c2ccccc2)(c2ccccc2)[Si]1(c1ccccc1)c1ccccc1. The molecule has 1 heterocycles. The number of hydrogen-bond donors (Lipinski definition) is 0. The molecule has 0 radical (unpaired) electrons. The van der Waals surface area contributed by atoms with Crippen LogP contribution < -0.4 is 41.5 Å².